The van der Waals surface area contributed by atoms with Crippen molar-refractivity contribution in [3.63, 3.8) is 0 Å². The van der Waals surface area contributed by atoms with Gasteiger partial charge in [0.15, 0.2) is 0 Å². The Hall–Kier alpha value is -2.24. The van der Waals surface area contributed by atoms with E-state index in [1.807, 2.05) is 6.92 Å². The van der Waals surface area contributed by atoms with Crippen LogP contribution in [-0.2, 0) is 20.7 Å². The Labute approximate surface area is 124 Å². The third-order valence-electron chi connectivity index (χ3n) is 2.88. The van der Waals surface area contributed by atoms with Crippen molar-refractivity contribution in [2.24, 2.45) is 0 Å². The average molecular weight is 295 g/mol. The van der Waals surface area contributed by atoms with Crippen LogP contribution in [0.15, 0.2) is 24.3 Å². The summed E-state index contributed by atoms with van der Waals surface area (Å²) in [6.45, 7) is 2.30. The van der Waals surface area contributed by atoms with Crippen LogP contribution < -0.4 is 5.32 Å². The Kier molecular flexibility index (Phi) is 7.08. The number of ether oxygens (including phenoxy) is 2. The lowest BCUT2D eigenvalue weighted by atomic mass is 10.1. The highest BCUT2D eigenvalue weighted by molar-refractivity contribution is 5.81. The second-order valence-corrected chi connectivity index (χ2v) is 4.58. The molecule has 0 aliphatic carbocycles. The number of carbonyl (C=O) groups excluding carboxylic acids is 2. The molecule has 0 saturated heterocycles. The molecule has 0 aliphatic rings. The van der Waals surface area contributed by atoms with Gasteiger partial charge in [-0.05, 0) is 24.1 Å². The number of hydrogen-bond donors (Lipinski definition) is 2. The Morgan fingerprint density at radius 3 is 2.52 bits per heavy atom. The van der Waals surface area contributed by atoms with Gasteiger partial charge in [0.25, 0.3) is 0 Å². The fraction of sp³-hybridized carbons (Fsp3) is 0.467. The topological polar surface area (TPSA) is 84.9 Å². The van der Waals surface area contributed by atoms with E-state index in [0.29, 0.717) is 6.61 Å². The summed E-state index contributed by atoms with van der Waals surface area (Å²) < 4.78 is 9.64. The number of amides is 1. The smallest absolute Gasteiger partial charge is 0.407 e. The molecule has 6 heteroatoms. The number of benzene rings is 1. The van der Waals surface area contributed by atoms with Crippen molar-refractivity contribution in [1.82, 2.24) is 5.32 Å². The number of carbonyl (C=O) groups is 2. The minimum atomic E-state index is -0.825. The molecule has 1 aromatic rings. The van der Waals surface area contributed by atoms with Crippen LogP contribution in [0, 0.1) is 0 Å². The largest absolute Gasteiger partial charge is 0.508 e. The van der Waals surface area contributed by atoms with Crippen molar-refractivity contribution in [3.05, 3.63) is 29.8 Å². The molecule has 2 N–H and O–H groups in total. The summed E-state index contributed by atoms with van der Waals surface area (Å²) in [7, 11) is 1.26. The predicted octanol–water partition coefficient (Wildman–Crippen LogP) is 2.00. The Balaban J connectivity index is 2.61. The summed E-state index contributed by atoms with van der Waals surface area (Å²) >= 11 is 0. The number of alkyl carbamates (subject to hydrolysis) is 1. The summed E-state index contributed by atoms with van der Waals surface area (Å²) in [5.41, 5.74) is 0.789. The molecule has 0 unspecified atom stereocenters. The summed E-state index contributed by atoms with van der Waals surface area (Å²) in [6.07, 6.45) is 1.31. The zero-order valence-electron chi connectivity index (χ0n) is 12.3. The number of aromatic hydroxyl groups is 1. The SMILES string of the molecule is CCCCOC(=O)N[C@@H](Cc1ccc(O)cc1)C(=O)OC. The van der Waals surface area contributed by atoms with Crippen LogP contribution >= 0.6 is 0 Å². The highest BCUT2D eigenvalue weighted by Gasteiger charge is 2.22. The molecule has 0 aliphatic heterocycles. The first-order valence-corrected chi connectivity index (χ1v) is 6.85. The van der Waals surface area contributed by atoms with E-state index >= 15 is 0 Å². The van der Waals surface area contributed by atoms with Gasteiger partial charge in [-0.15, -0.1) is 0 Å². The molecule has 116 valence electrons. The van der Waals surface area contributed by atoms with Crippen LogP contribution in [0.4, 0.5) is 4.79 Å². The van der Waals surface area contributed by atoms with E-state index in [1.165, 1.54) is 19.2 Å². The lowest BCUT2D eigenvalue weighted by Gasteiger charge is -2.16. The molecular formula is C15H21NO5. The first kappa shape index (κ1) is 16.8. The van der Waals surface area contributed by atoms with E-state index in [4.69, 9.17) is 4.74 Å². The molecule has 1 amide bonds. The van der Waals surface area contributed by atoms with Gasteiger partial charge < -0.3 is 19.9 Å². The van der Waals surface area contributed by atoms with Crippen LogP contribution in [0.5, 0.6) is 5.75 Å². The lowest BCUT2D eigenvalue weighted by molar-refractivity contribution is -0.142. The van der Waals surface area contributed by atoms with E-state index in [9.17, 15) is 14.7 Å². The normalized spacial score (nSPS) is 11.5. The number of hydrogen-bond acceptors (Lipinski definition) is 5. The van der Waals surface area contributed by atoms with Crippen LogP contribution in [0.1, 0.15) is 25.3 Å². The number of rotatable bonds is 7. The molecule has 0 fully saturated rings. The number of nitrogens with one attached hydrogen (secondary N) is 1. The Bertz CT molecular complexity index is 458. The van der Waals surface area contributed by atoms with Crippen molar-refractivity contribution in [3.8, 4) is 5.75 Å². The first-order valence-electron chi connectivity index (χ1n) is 6.85. The molecule has 0 radical (unpaired) electrons. The van der Waals surface area contributed by atoms with Crippen LogP contribution in [-0.4, -0.2) is 36.9 Å². The molecule has 0 saturated carbocycles. The fourth-order valence-corrected chi connectivity index (χ4v) is 1.70. The van der Waals surface area contributed by atoms with E-state index in [1.54, 1.807) is 12.1 Å². The Morgan fingerprint density at radius 2 is 1.95 bits per heavy atom. The molecular weight excluding hydrogens is 274 g/mol. The number of methoxy groups -OCH3 is 1. The monoisotopic (exact) mass is 295 g/mol. The minimum absolute atomic E-state index is 0.139. The van der Waals surface area contributed by atoms with Gasteiger partial charge in [0.1, 0.15) is 11.8 Å². The van der Waals surface area contributed by atoms with Gasteiger partial charge in [-0.25, -0.2) is 9.59 Å². The zero-order chi connectivity index (χ0) is 15.7. The molecule has 21 heavy (non-hydrogen) atoms. The molecule has 1 rings (SSSR count). The standard InChI is InChI=1S/C15H21NO5/c1-3-4-9-21-15(19)16-13(14(18)20-2)10-11-5-7-12(17)8-6-11/h5-8,13,17H,3-4,9-10H2,1-2H3,(H,16,19)/t13-/m0/s1. The van der Waals surface area contributed by atoms with Gasteiger partial charge in [0, 0.05) is 6.42 Å². The first-order chi connectivity index (χ1) is 10.1. The third-order valence-corrected chi connectivity index (χ3v) is 2.88. The van der Waals surface area contributed by atoms with E-state index in [-0.39, 0.29) is 12.2 Å². The Morgan fingerprint density at radius 1 is 1.29 bits per heavy atom. The van der Waals surface area contributed by atoms with Gasteiger partial charge in [-0.3, -0.25) is 0 Å². The third kappa shape index (κ3) is 6.16. The van der Waals surface area contributed by atoms with Crippen molar-refractivity contribution < 1.29 is 24.2 Å². The summed E-state index contributed by atoms with van der Waals surface area (Å²) in [5, 5.41) is 11.7. The molecule has 1 atom stereocenters. The summed E-state index contributed by atoms with van der Waals surface area (Å²) in [6, 6.07) is 5.56. The van der Waals surface area contributed by atoms with E-state index in [0.717, 1.165) is 18.4 Å². The minimum Gasteiger partial charge on any atom is -0.508 e. The maximum Gasteiger partial charge on any atom is 0.407 e. The van der Waals surface area contributed by atoms with Crippen LogP contribution in [0.25, 0.3) is 0 Å². The maximum absolute atomic E-state index is 11.7. The molecule has 0 aromatic heterocycles. The number of unbranched alkanes of at least 4 members (excludes halogenated alkanes) is 1. The van der Waals surface area contributed by atoms with E-state index in [2.05, 4.69) is 10.1 Å². The molecule has 0 spiro atoms. The molecule has 0 bridgehead atoms. The zero-order valence-corrected chi connectivity index (χ0v) is 12.3. The quantitative estimate of drug-likeness (QED) is 0.593. The van der Waals surface area contributed by atoms with Crippen molar-refractivity contribution in [1.29, 1.82) is 0 Å². The average Bonchev–Trinajstić information content (AvgIpc) is 2.48. The van der Waals surface area contributed by atoms with Gasteiger partial charge in [-0.1, -0.05) is 25.5 Å². The van der Waals surface area contributed by atoms with Gasteiger partial charge >= 0.3 is 12.1 Å². The number of phenols is 1. The second kappa shape index (κ2) is 8.84. The molecule has 6 nitrogen and oxygen atoms in total. The lowest BCUT2D eigenvalue weighted by Crippen LogP contribution is -2.43. The summed E-state index contributed by atoms with van der Waals surface area (Å²) in [4.78, 5) is 23.3. The van der Waals surface area contributed by atoms with Crippen molar-refractivity contribution in [2.45, 2.75) is 32.2 Å². The number of esters is 1. The van der Waals surface area contributed by atoms with Gasteiger partial charge in [-0.2, -0.15) is 0 Å². The summed E-state index contributed by atoms with van der Waals surface area (Å²) in [5.74, 6) is -0.407. The fourth-order valence-electron chi connectivity index (χ4n) is 1.70. The van der Waals surface area contributed by atoms with Gasteiger partial charge in [0.05, 0.1) is 13.7 Å². The maximum atomic E-state index is 11.7. The molecule has 1 aromatic carbocycles. The van der Waals surface area contributed by atoms with Gasteiger partial charge in [0.2, 0.25) is 0 Å². The van der Waals surface area contributed by atoms with Crippen LogP contribution in [0.3, 0.4) is 0 Å². The number of phenolic OH excluding ortho intramolecular Hbond substituents is 1. The molecule has 0 heterocycles. The highest BCUT2D eigenvalue weighted by atomic mass is 16.6. The van der Waals surface area contributed by atoms with Crippen molar-refractivity contribution in [2.75, 3.05) is 13.7 Å². The second-order valence-electron chi connectivity index (χ2n) is 4.58. The predicted molar refractivity (Wildman–Crippen MR) is 77.0 cm³/mol. The van der Waals surface area contributed by atoms with E-state index < -0.39 is 18.1 Å². The highest BCUT2D eigenvalue weighted by Crippen LogP contribution is 2.12. The van der Waals surface area contributed by atoms with Crippen molar-refractivity contribution >= 4 is 12.1 Å². The van der Waals surface area contributed by atoms with Crippen LogP contribution in [0.2, 0.25) is 0 Å².